The van der Waals surface area contributed by atoms with Crippen LogP contribution < -0.4 is 0 Å². The van der Waals surface area contributed by atoms with Gasteiger partial charge in [-0.3, -0.25) is 0 Å². The van der Waals surface area contributed by atoms with E-state index < -0.39 is 0 Å². The van der Waals surface area contributed by atoms with E-state index in [0.29, 0.717) is 9.98 Å². The maximum Gasteiger partial charge on any atom is 0.129 e. The highest BCUT2D eigenvalue weighted by molar-refractivity contribution is 9.09. The molecule has 0 aromatic carbocycles. The molecule has 1 aromatic heterocycles. The van der Waals surface area contributed by atoms with Crippen LogP contribution in [0.3, 0.4) is 0 Å². The van der Waals surface area contributed by atoms with Gasteiger partial charge in [-0.1, -0.05) is 27.5 Å². The molecule has 1 nitrogen and oxygen atoms in total. The molecule has 0 aliphatic carbocycles. The molecule has 0 N–H and O–H groups in total. The molecule has 1 atom stereocenters. The van der Waals surface area contributed by atoms with Gasteiger partial charge in [0, 0.05) is 11.0 Å². The van der Waals surface area contributed by atoms with Crippen molar-refractivity contribution in [1.82, 2.24) is 4.98 Å². The molecule has 0 aliphatic rings. The van der Waals surface area contributed by atoms with Crippen LogP contribution in [0.5, 0.6) is 0 Å². The Morgan fingerprint density at radius 3 is 2.80 bits per heavy atom. The first-order valence-corrected chi connectivity index (χ1v) is 4.25. The molecular formula is C7H7BrClN. The van der Waals surface area contributed by atoms with Crippen molar-refractivity contribution in [1.29, 1.82) is 0 Å². The van der Waals surface area contributed by atoms with Gasteiger partial charge in [0.1, 0.15) is 5.15 Å². The van der Waals surface area contributed by atoms with Gasteiger partial charge < -0.3 is 0 Å². The van der Waals surface area contributed by atoms with Crippen molar-refractivity contribution in [3.8, 4) is 0 Å². The molecule has 0 fully saturated rings. The van der Waals surface area contributed by atoms with Gasteiger partial charge >= 0.3 is 0 Å². The largest absolute Gasteiger partial charge is 0.245 e. The molecule has 1 aromatic rings. The summed E-state index contributed by atoms with van der Waals surface area (Å²) in [5.74, 6) is 0. The van der Waals surface area contributed by atoms with Crippen LogP contribution in [0.2, 0.25) is 5.15 Å². The monoisotopic (exact) mass is 219 g/mol. The molecular weight excluding hydrogens is 213 g/mol. The van der Waals surface area contributed by atoms with Crippen molar-refractivity contribution in [2.75, 3.05) is 0 Å². The smallest absolute Gasteiger partial charge is 0.129 e. The van der Waals surface area contributed by atoms with Crippen molar-refractivity contribution in [2.45, 2.75) is 11.8 Å². The van der Waals surface area contributed by atoms with Crippen LogP contribution in [0.4, 0.5) is 0 Å². The first-order valence-electron chi connectivity index (χ1n) is 2.95. The van der Waals surface area contributed by atoms with E-state index in [1.165, 1.54) is 0 Å². The topological polar surface area (TPSA) is 12.9 Å². The lowest BCUT2D eigenvalue weighted by Gasteiger charge is -2.01. The van der Waals surface area contributed by atoms with Crippen molar-refractivity contribution in [3.05, 3.63) is 29.0 Å². The van der Waals surface area contributed by atoms with Gasteiger partial charge in [0.25, 0.3) is 0 Å². The highest BCUT2D eigenvalue weighted by atomic mass is 79.9. The fourth-order valence-corrected chi connectivity index (χ4v) is 1.13. The van der Waals surface area contributed by atoms with Crippen LogP contribution >= 0.6 is 27.5 Å². The number of hydrogen-bond acceptors (Lipinski definition) is 1. The molecule has 0 saturated heterocycles. The number of hydrogen-bond donors (Lipinski definition) is 0. The fourth-order valence-electron chi connectivity index (χ4n) is 0.665. The Bertz CT molecular complexity index is 225. The Kier molecular flexibility index (Phi) is 2.69. The van der Waals surface area contributed by atoms with Crippen molar-refractivity contribution in [2.24, 2.45) is 0 Å². The van der Waals surface area contributed by atoms with Crippen LogP contribution in [0, 0.1) is 0 Å². The van der Waals surface area contributed by atoms with E-state index >= 15 is 0 Å². The predicted molar refractivity (Wildman–Crippen MR) is 46.6 cm³/mol. The van der Waals surface area contributed by atoms with Gasteiger partial charge in [0.15, 0.2) is 0 Å². The molecule has 54 valence electrons. The quantitative estimate of drug-likeness (QED) is 0.523. The van der Waals surface area contributed by atoms with E-state index in [0.717, 1.165) is 5.56 Å². The second-order valence-electron chi connectivity index (χ2n) is 2.03. The van der Waals surface area contributed by atoms with E-state index in [2.05, 4.69) is 20.9 Å². The third kappa shape index (κ3) is 1.96. The van der Waals surface area contributed by atoms with Gasteiger partial charge in [0.2, 0.25) is 0 Å². The van der Waals surface area contributed by atoms with E-state index in [-0.39, 0.29) is 0 Å². The lowest BCUT2D eigenvalue weighted by molar-refractivity contribution is 1.10. The Morgan fingerprint density at radius 1 is 1.70 bits per heavy atom. The summed E-state index contributed by atoms with van der Waals surface area (Å²) >= 11 is 9.09. The maximum atomic E-state index is 5.66. The summed E-state index contributed by atoms with van der Waals surface area (Å²) < 4.78 is 0. The second-order valence-corrected chi connectivity index (χ2v) is 3.79. The summed E-state index contributed by atoms with van der Waals surface area (Å²) in [6.07, 6.45) is 1.70. The molecule has 0 amide bonds. The molecule has 0 saturated carbocycles. The summed E-state index contributed by atoms with van der Waals surface area (Å²) in [4.78, 5) is 4.21. The molecule has 0 bridgehead atoms. The molecule has 0 aliphatic heterocycles. The Hall–Kier alpha value is -0.0800. The molecule has 3 heteroatoms. The van der Waals surface area contributed by atoms with Crippen LogP contribution in [0.15, 0.2) is 18.3 Å². The zero-order valence-electron chi connectivity index (χ0n) is 5.51. The Morgan fingerprint density at radius 2 is 2.40 bits per heavy atom. The number of halogens is 2. The van der Waals surface area contributed by atoms with E-state index in [1.54, 1.807) is 6.20 Å². The second kappa shape index (κ2) is 3.35. The average Bonchev–Trinajstić information content (AvgIpc) is 1.88. The van der Waals surface area contributed by atoms with Gasteiger partial charge in [0.05, 0.1) is 0 Å². The number of pyridine rings is 1. The Balaban J connectivity index is 2.96. The third-order valence-corrected chi connectivity index (χ3v) is 1.95. The maximum absolute atomic E-state index is 5.66. The zero-order chi connectivity index (χ0) is 7.56. The standard InChI is InChI=1S/C7H7BrClN/c1-5(8)6-2-3-10-7(9)4-6/h2-5H,1H3. The fraction of sp³-hybridized carbons (Fsp3) is 0.286. The number of alkyl halides is 1. The minimum absolute atomic E-state index is 0.341. The summed E-state index contributed by atoms with van der Waals surface area (Å²) in [6, 6.07) is 3.78. The van der Waals surface area contributed by atoms with E-state index in [9.17, 15) is 0 Å². The minimum Gasteiger partial charge on any atom is -0.245 e. The summed E-state index contributed by atoms with van der Waals surface area (Å²) in [7, 11) is 0. The molecule has 1 rings (SSSR count). The SMILES string of the molecule is CC(Br)c1ccnc(Cl)c1. The van der Waals surface area contributed by atoms with Crippen LogP contribution in [0.25, 0.3) is 0 Å². The van der Waals surface area contributed by atoms with Crippen molar-refractivity contribution < 1.29 is 0 Å². The number of rotatable bonds is 1. The normalized spacial score (nSPS) is 13.1. The van der Waals surface area contributed by atoms with Crippen molar-refractivity contribution >= 4 is 27.5 Å². The van der Waals surface area contributed by atoms with Gasteiger partial charge in [-0.2, -0.15) is 0 Å². The predicted octanol–water partition coefficient (Wildman–Crippen LogP) is 3.19. The van der Waals surface area contributed by atoms with Gasteiger partial charge in [-0.25, -0.2) is 4.98 Å². The number of aromatic nitrogens is 1. The lowest BCUT2D eigenvalue weighted by atomic mass is 10.2. The van der Waals surface area contributed by atoms with Crippen molar-refractivity contribution in [3.63, 3.8) is 0 Å². The average molecular weight is 220 g/mol. The highest BCUT2D eigenvalue weighted by Gasteiger charge is 1.99. The Labute approximate surface area is 73.6 Å². The molecule has 10 heavy (non-hydrogen) atoms. The van der Waals surface area contributed by atoms with Crippen LogP contribution in [-0.4, -0.2) is 4.98 Å². The first kappa shape index (κ1) is 8.02. The minimum atomic E-state index is 0.341. The first-order chi connectivity index (χ1) is 4.70. The summed E-state index contributed by atoms with van der Waals surface area (Å²) in [5.41, 5.74) is 1.15. The third-order valence-electron chi connectivity index (χ3n) is 1.21. The summed E-state index contributed by atoms with van der Waals surface area (Å²) in [5, 5.41) is 0.545. The number of nitrogens with zero attached hydrogens (tertiary/aromatic N) is 1. The van der Waals surface area contributed by atoms with Crippen LogP contribution in [0.1, 0.15) is 17.3 Å². The molecule has 0 spiro atoms. The summed E-state index contributed by atoms with van der Waals surface area (Å²) in [6.45, 7) is 2.05. The van der Waals surface area contributed by atoms with Crippen LogP contribution in [-0.2, 0) is 0 Å². The van der Waals surface area contributed by atoms with Gasteiger partial charge in [-0.05, 0) is 24.6 Å². The zero-order valence-corrected chi connectivity index (χ0v) is 7.85. The highest BCUT2D eigenvalue weighted by Crippen LogP contribution is 2.22. The lowest BCUT2D eigenvalue weighted by Crippen LogP contribution is -1.83. The molecule has 1 unspecified atom stereocenters. The molecule has 0 radical (unpaired) electrons. The van der Waals surface area contributed by atoms with Gasteiger partial charge in [-0.15, -0.1) is 0 Å². The van der Waals surface area contributed by atoms with E-state index in [1.807, 2.05) is 19.1 Å². The van der Waals surface area contributed by atoms with E-state index in [4.69, 9.17) is 11.6 Å². The molecule has 1 heterocycles.